The molecule has 5 aromatic rings. The summed E-state index contributed by atoms with van der Waals surface area (Å²) in [5, 5.41) is 11.1. The van der Waals surface area contributed by atoms with Crippen molar-refractivity contribution >= 4 is 45.0 Å². The van der Waals surface area contributed by atoms with Gasteiger partial charge in [-0.2, -0.15) is 13.2 Å². The summed E-state index contributed by atoms with van der Waals surface area (Å²) in [6, 6.07) is 11.4. The van der Waals surface area contributed by atoms with Gasteiger partial charge in [0.15, 0.2) is 5.65 Å². The molecule has 7 nitrogen and oxygen atoms in total. The van der Waals surface area contributed by atoms with Crippen LogP contribution in [0.15, 0.2) is 60.9 Å². The average molecular weight is 464 g/mol. The molecule has 0 saturated carbocycles. The maximum absolute atomic E-state index is 13.0. The van der Waals surface area contributed by atoms with Gasteiger partial charge in [0.05, 0.1) is 16.5 Å². The number of halogens is 3. The van der Waals surface area contributed by atoms with E-state index in [1.807, 2.05) is 30.8 Å². The fourth-order valence-corrected chi connectivity index (χ4v) is 3.88. The predicted octanol–water partition coefficient (Wildman–Crippen LogP) is 5.77. The zero-order chi connectivity index (χ0) is 24.0. The monoisotopic (exact) mass is 464 g/mol. The van der Waals surface area contributed by atoms with Crippen molar-refractivity contribution in [3.05, 3.63) is 77.6 Å². The first kappa shape index (κ1) is 21.5. The molecular weight excluding hydrogens is 445 g/mol. The molecule has 3 N–H and O–H groups in total. The van der Waals surface area contributed by atoms with Gasteiger partial charge >= 0.3 is 6.18 Å². The Morgan fingerprint density at radius 1 is 1.06 bits per heavy atom. The maximum atomic E-state index is 13.0. The van der Waals surface area contributed by atoms with Crippen LogP contribution in [-0.2, 0) is 13.2 Å². The van der Waals surface area contributed by atoms with E-state index in [0.29, 0.717) is 22.8 Å². The molecule has 0 aliphatic heterocycles. The van der Waals surface area contributed by atoms with E-state index in [2.05, 4.69) is 25.7 Å². The van der Waals surface area contributed by atoms with Crippen molar-refractivity contribution in [1.29, 1.82) is 0 Å². The summed E-state index contributed by atoms with van der Waals surface area (Å²) < 4.78 is 40.8. The van der Waals surface area contributed by atoms with Gasteiger partial charge in [0.2, 0.25) is 0 Å². The van der Waals surface area contributed by atoms with Crippen molar-refractivity contribution in [2.75, 3.05) is 10.6 Å². The van der Waals surface area contributed by atoms with Gasteiger partial charge in [0, 0.05) is 41.8 Å². The number of carbonyl (C=O) groups is 1. The molecule has 0 fully saturated rings. The third-order valence-corrected chi connectivity index (χ3v) is 5.60. The highest BCUT2D eigenvalue weighted by Crippen LogP contribution is 2.32. The number of anilines is 3. The Hall–Kier alpha value is -4.34. The van der Waals surface area contributed by atoms with Crippen LogP contribution in [0.25, 0.3) is 21.9 Å². The first-order valence-electron chi connectivity index (χ1n) is 10.3. The van der Waals surface area contributed by atoms with Gasteiger partial charge in [-0.15, -0.1) is 0 Å². The van der Waals surface area contributed by atoms with Crippen LogP contribution >= 0.6 is 0 Å². The number of pyridine rings is 1. The SMILES string of the molecule is Cc1ccc(NC(=O)c2cccc(C(F)(F)F)c2)cc1Nc1[nH]n(C)c2c1cnc1nccc12. The van der Waals surface area contributed by atoms with Crippen molar-refractivity contribution in [2.24, 2.45) is 7.05 Å². The minimum Gasteiger partial charge on any atom is -0.340 e. The molecule has 0 atom stereocenters. The Balaban J connectivity index is 1.43. The minimum absolute atomic E-state index is 0.0781. The number of aryl methyl sites for hydroxylation is 2. The molecule has 3 heterocycles. The largest absolute Gasteiger partial charge is 0.416 e. The summed E-state index contributed by atoms with van der Waals surface area (Å²) in [6.07, 6.45) is -1.08. The number of nitrogens with zero attached hydrogens (tertiary/aromatic N) is 3. The second-order valence-corrected chi connectivity index (χ2v) is 7.94. The summed E-state index contributed by atoms with van der Waals surface area (Å²) >= 11 is 0. The molecule has 2 aromatic carbocycles. The fourth-order valence-electron chi connectivity index (χ4n) is 3.88. The molecule has 34 heavy (non-hydrogen) atoms. The van der Waals surface area contributed by atoms with Crippen LogP contribution in [0.3, 0.4) is 0 Å². The van der Waals surface area contributed by atoms with Crippen molar-refractivity contribution in [3.63, 3.8) is 0 Å². The minimum atomic E-state index is -4.52. The Labute approximate surface area is 191 Å². The van der Waals surface area contributed by atoms with E-state index in [0.717, 1.165) is 34.0 Å². The number of carbonyl (C=O) groups excluding carboxylic acids is 1. The number of H-pyrrole nitrogens is 1. The lowest BCUT2D eigenvalue weighted by Gasteiger charge is -2.13. The lowest BCUT2D eigenvalue weighted by molar-refractivity contribution is -0.137. The maximum Gasteiger partial charge on any atom is 0.416 e. The molecular formula is C24H19F3N6O. The number of hydrogen-bond acceptors (Lipinski definition) is 4. The lowest BCUT2D eigenvalue weighted by Crippen LogP contribution is -2.14. The van der Waals surface area contributed by atoms with E-state index in [1.165, 1.54) is 12.1 Å². The van der Waals surface area contributed by atoms with Crippen molar-refractivity contribution in [2.45, 2.75) is 13.1 Å². The third-order valence-electron chi connectivity index (χ3n) is 5.60. The molecule has 3 aromatic heterocycles. The normalized spacial score (nSPS) is 11.8. The van der Waals surface area contributed by atoms with Gasteiger partial charge in [-0.25, -0.2) is 9.97 Å². The van der Waals surface area contributed by atoms with Gasteiger partial charge in [-0.3, -0.25) is 14.6 Å². The molecule has 10 heteroatoms. The van der Waals surface area contributed by atoms with Gasteiger partial charge in [-0.05, 0) is 48.9 Å². The predicted molar refractivity (Wildman–Crippen MR) is 124 cm³/mol. The van der Waals surface area contributed by atoms with Gasteiger partial charge in [-0.1, -0.05) is 12.1 Å². The first-order chi connectivity index (χ1) is 16.2. The highest BCUT2D eigenvalue weighted by atomic mass is 19.4. The van der Waals surface area contributed by atoms with E-state index < -0.39 is 17.6 Å². The zero-order valence-corrected chi connectivity index (χ0v) is 18.2. The van der Waals surface area contributed by atoms with Crippen molar-refractivity contribution in [3.8, 4) is 0 Å². The van der Waals surface area contributed by atoms with Gasteiger partial charge in [0.25, 0.3) is 5.91 Å². The van der Waals surface area contributed by atoms with Crippen LogP contribution in [0.1, 0.15) is 21.5 Å². The molecule has 0 radical (unpaired) electrons. The van der Waals surface area contributed by atoms with Crippen LogP contribution in [0.2, 0.25) is 0 Å². The molecule has 5 rings (SSSR count). The highest BCUT2D eigenvalue weighted by molar-refractivity contribution is 6.07. The van der Waals surface area contributed by atoms with Crippen LogP contribution in [-0.4, -0.2) is 25.7 Å². The highest BCUT2D eigenvalue weighted by Gasteiger charge is 2.30. The van der Waals surface area contributed by atoms with Crippen LogP contribution in [0.5, 0.6) is 0 Å². The summed E-state index contributed by atoms with van der Waals surface area (Å²) in [5.74, 6) is 0.0745. The number of rotatable bonds is 4. The summed E-state index contributed by atoms with van der Waals surface area (Å²) in [5.41, 5.74) is 2.71. The lowest BCUT2D eigenvalue weighted by atomic mass is 10.1. The van der Waals surface area contributed by atoms with E-state index in [-0.39, 0.29) is 5.56 Å². The molecule has 0 saturated heterocycles. The molecule has 0 aliphatic rings. The number of nitrogens with one attached hydrogen (secondary N) is 3. The molecule has 172 valence electrons. The summed E-state index contributed by atoms with van der Waals surface area (Å²) in [6.45, 7) is 1.91. The molecule has 0 aliphatic carbocycles. The second-order valence-electron chi connectivity index (χ2n) is 7.94. The Morgan fingerprint density at radius 3 is 2.68 bits per heavy atom. The Morgan fingerprint density at radius 2 is 1.88 bits per heavy atom. The Kier molecular flexibility index (Phi) is 5.00. The number of fused-ring (bicyclic) bond motifs is 3. The number of aromatic nitrogens is 4. The van der Waals surface area contributed by atoms with E-state index in [1.54, 1.807) is 24.5 Å². The topological polar surface area (TPSA) is 87.6 Å². The number of aromatic amines is 1. The van der Waals surface area contributed by atoms with Gasteiger partial charge in [0.1, 0.15) is 5.82 Å². The number of benzene rings is 2. The van der Waals surface area contributed by atoms with Crippen molar-refractivity contribution < 1.29 is 18.0 Å². The molecule has 0 unspecified atom stereocenters. The summed E-state index contributed by atoms with van der Waals surface area (Å²) in [4.78, 5) is 21.2. The Bertz CT molecular complexity index is 1550. The molecule has 1 amide bonds. The van der Waals surface area contributed by atoms with E-state index >= 15 is 0 Å². The fraction of sp³-hybridized carbons (Fsp3) is 0.125. The molecule has 0 spiro atoms. The number of alkyl halides is 3. The van der Waals surface area contributed by atoms with Crippen molar-refractivity contribution in [1.82, 2.24) is 19.7 Å². The molecule has 0 bridgehead atoms. The van der Waals surface area contributed by atoms with E-state index in [4.69, 9.17) is 0 Å². The average Bonchev–Trinajstić information content (AvgIpc) is 3.39. The third kappa shape index (κ3) is 3.83. The number of amides is 1. The number of hydrogen-bond donors (Lipinski definition) is 3. The zero-order valence-electron chi connectivity index (χ0n) is 18.2. The second kappa shape index (κ2) is 7.91. The summed E-state index contributed by atoms with van der Waals surface area (Å²) in [7, 11) is 1.89. The quantitative estimate of drug-likeness (QED) is 0.315. The van der Waals surface area contributed by atoms with Crippen LogP contribution in [0.4, 0.5) is 30.4 Å². The van der Waals surface area contributed by atoms with E-state index in [9.17, 15) is 18.0 Å². The first-order valence-corrected chi connectivity index (χ1v) is 10.3. The van der Waals surface area contributed by atoms with Crippen LogP contribution < -0.4 is 10.6 Å². The van der Waals surface area contributed by atoms with Crippen LogP contribution in [0, 0.1) is 6.92 Å². The smallest absolute Gasteiger partial charge is 0.340 e. The standard InChI is InChI=1S/C24H19F3N6O/c1-13-6-7-16(30-23(34)14-4-3-5-15(10-14)24(25,26)27)11-19(13)31-22-18-12-29-21-17(8-9-28-21)20(18)33(2)32-22/h3-12,31-32H,1-2H3,(H,30,34). The van der Waals surface area contributed by atoms with Gasteiger partial charge < -0.3 is 10.6 Å².